The molecule has 0 saturated carbocycles. The average molecular weight is 871 g/mol. The third-order valence-electron chi connectivity index (χ3n) is 9.62. The predicted molar refractivity (Wildman–Crippen MR) is 211 cm³/mol. The zero-order chi connectivity index (χ0) is 34.5. The fourth-order valence-corrected chi connectivity index (χ4v) is 10.2. The molecule has 5 heterocycles. The zero-order valence-electron chi connectivity index (χ0n) is 30.4. The van der Waals surface area contributed by atoms with Crippen LogP contribution in [-0.2, 0) is 33.1 Å². The van der Waals surface area contributed by atoms with Crippen LogP contribution in [0.1, 0.15) is 44.0 Å². The minimum Gasteiger partial charge on any atom is -0.501 e. The molecule has 7 aromatic rings. The maximum absolute atomic E-state index is 6.54. The third-order valence-corrected chi connectivity index (χ3v) is 13.7. The molecule has 1 radical (unpaired) electrons. The van der Waals surface area contributed by atoms with E-state index < -0.39 is 16.1 Å². The second-order valence-corrected chi connectivity index (χ2v) is 25.7. The molecule has 5 nitrogen and oxygen atoms in total. The number of aromatic nitrogens is 4. The summed E-state index contributed by atoms with van der Waals surface area (Å²) < 4.78 is 8.90. The minimum absolute atomic E-state index is 0. The van der Waals surface area contributed by atoms with Crippen molar-refractivity contribution in [2.24, 2.45) is 0 Å². The zero-order valence-corrected chi connectivity index (χ0v) is 34.8. The largest absolute Gasteiger partial charge is 0.501 e. The first kappa shape index (κ1) is 36.1. The Labute approximate surface area is 312 Å². The van der Waals surface area contributed by atoms with Crippen molar-refractivity contribution in [3.8, 4) is 22.5 Å². The molecular formula is C42H46IrN4OSi2-2. The molecule has 50 heavy (non-hydrogen) atoms. The molecule has 1 aliphatic heterocycles. The molecule has 259 valence electrons. The number of hydrogen-bond acceptors (Lipinski definition) is 4. The first-order chi connectivity index (χ1) is 23.4. The number of imidazole rings is 1. The first-order valence-corrected chi connectivity index (χ1v) is 24.6. The Hall–Kier alpha value is -3.69. The van der Waals surface area contributed by atoms with Gasteiger partial charge in [-0.05, 0) is 40.5 Å². The van der Waals surface area contributed by atoms with Crippen LogP contribution in [0.15, 0.2) is 83.5 Å². The van der Waals surface area contributed by atoms with E-state index in [-0.39, 0.29) is 20.1 Å². The van der Waals surface area contributed by atoms with Crippen molar-refractivity contribution in [3.63, 3.8) is 0 Å². The van der Waals surface area contributed by atoms with Gasteiger partial charge in [-0.3, -0.25) is 0 Å². The van der Waals surface area contributed by atoms with Crippen LogP contribution >= 0.6 is 0 Å². The fraction of sp³-hybridized carbons (Fsp3) is 0.310. The molecule has 1 aliphatic rings. The molecule has 0 N–H and O–H groups in total. The number of rotatable bonds is 5. The van der Waals surface area contributed by atoms with E-state index in [1.807, 2.05) is 30.5 Å². The Morgan fingerprint density at radius 1 is 0.760 bits per heavy atom. The maximum Gasteiger partial charge on any atom is 0.120 e. The number of fused-ring (bicyclic) bond motifs is 6. The number of nitrogens with zero attached hydrogens (tertiary/aromatic N) is 4. The Kier molecular flexibility index (Phi) is 10.2. The molecule has 0 bridgehead atoms. The van der Waals surface area contributed by atoms with Gasteiger partial charge in [-0.1, -0.05) is 100.0 Å². The van der Waals surface area contributed by atoms with E-state index in [0.717, 1.165) is 57.5 Å². The quantitative estimate of drug-likeness (QED) is 0.128. The number of furan rings is 1. The molecule has 0 unspecified atom stereocenters. The van der Waals surface area contributed by atoms with Crippen molar-refractivity contribution >= 4 is 59.5 Å². The van der Waals surface area contributed by atoms with Crippen molar-refractivity contribution in [1.82, 2.24) is 19.5 Å². The fourth-order valence-electron chi connectivity index (χ4n) is 7.03. The van der Waals surface area contributed by atoms with Crippen LogP contribution in [0.3, 0.4) is 0 Å². The number of aryl methyl sites for hydroxylation is 2. The SMILES string of the molecule is CC(C)c1cc(-c2[c-]cccc2)ncc1[Si](C)(C)C.C[Si](C)(C)c1cccc2c1oc1c(-c3cc4c(cn3)nc3n4CCCC3)[c-]ccc12.[Ir]. The summed E-state index contributed by atoms with van der Waals surface area (Å²) in [5.74, 6) is 1.72. The number of pyridine rings is 2. The van der Waals surface area contributed by atoms with Gasteiger partial charge < -0.3 is 19.0 Å². The van der Waals surface area contributed by atoms with E-state index in [4.69, 9.17) is 14.4 Å². The minimum atomic E-state index is -1.53. The maximum atomic E-state index is 6.54. The molecule has 0 aliphatic carbocycles. The van der Waals surface area contributed by atoms with E-state index in [1.165, 1.54) is 45.5 Å². The summed E-state index contributed by atoms with van der Waals surface area (Å²) >= 11 is 0. The average Bonchev–Trinajstić information content (AvgIpc) is 3.66. The summed E-state index contributed by atoms with van der Waals surface area (Å²) in [7, 11) is -2.87. The van der Waals surface area contributed by atoms with Gasteiger partial charge in [0.15, 0.2) is 0 Å². The molecule has 0 spiro atoms. The topological polar surface area (TPSA) is 56.7 Å². The summed E-state index contributed by atoms with van der Waals surface area (Å²) in [5, 5.41) is 5.15. The monoisotopic (exact) mass is 871 g/mol. The van der Waals surface area contributed by atoms with E-state index >= 15 is 0 Å². The van der Waals surface area contributed by atoms with Crippen LogP contribution < -0.4 is 10.4 Å². The summed E-state index contributed by atoms with van der Waals surface area (Å²) in [4.78, 5) is 14.2. The number of benzene rings is 3. The van der Waals surface area contributed by atoms with Gasteiger partial charge in [-0.15, -0.1) is 54.1 Å². The second kappa shape index (κ2) is 14.1. The van der Waals surface area contributed by atoms with Gasteiger partial charge in [0.25, 0.3) is 0 Å². The first-order valence-electron chi connectivity index (χ1n) is 17.6. The Morgan fingerprint density at radius 2 is 1.52 bits per heavy atom. The Morgan fingerprint density at radius 3 is 2.24 bits per heavy atom. The van der Waals surface area contributed by atoms with E-state index in [2.05, 4.69) is 123 Å². The van der Waals surface area contributed by atoms with Crippen LogP contribution in [0.4, 0.5) is 0 Å². The van der Waals surface area contributed by atoms with E-state index in [9.17, 15) is 0 Å². The summed E-state index contributed by atoms with van der Waals surface area (Å²) in [6.07, 6.45) is 7.47. The van der Waals surface area contributed by atoms with Gasteiger partial charge in [0, 0.05) is 50.9 Å². The smallest absolute Gasteiger partial charge is 0.120 e. The van der Waals surface area contributed by atoms with Gasteiger partial charge in [-0.2, -0.15) is 0 Å². The van der Waals surface area contributed by atoms with Gasteiger partial charge in [0.2, 0.25) is 0 Å². The van der Waals surface area contributed by atoms with Gasteiger partial charge >= 0.3 is 0 Å². The molecular weight excluding hydrogens is 825 g/mol. The van der Waals surface area contributed by atoms with Crippen molar-refractivity contribution < 1.29 is 24.5 Å². The molecule has 0 amide bonds. The van der Waals surface area contributed by atoms with E-state index in [1.54, 1.807) is 0 Å². The van der Waals surface area contributed by atoms with E-state index in [0.29, 0.717) is 5.92 Å². The molecule has 3 aromatic carbocycles. The Balaban J connectivity index is 0.000000188. The summed E-state index contributed by atoms with van der Waals surface area (Å²) in [6.45, 7) is 19.8. The standard InChI is InChI=1S/C25H24N3OSi.C17H22NSi.Ir/c1-30(2,3)22-11-7-9-17-16-8-6-10-18(24(16)29-25(17)22)19-14-21-20(15-26-19)27-23-12-4-5-13-28(21)23;1-13(2)15-11-16(14-9-7-6-8-10-14)18-12-17(15)19(3,4)5;/h6-9,11,14-15H,4-5,12-13H2,1-3H3;6-9,11-13H,1-5H3;/q2*-1;. The van der Waals surface area contributed by atoms with Crippen LogP contribution in [0.25, 0.3) is 55.5 Å². The Bertz CT molecular complexity index is 2300. The van der Waals surface area contributed by atoms with Crippen LogP contribution in [0, 0.1) is 12.1 Å². The van der Waals surface area contributed by atoms with Gasteiger partial charge in [0.05, 0.1) is 27.2 Å². The normalized spacial score (nSPS) is 13.3. The summed E-state index contributed by atoms with van der Waals surface area (Å²) in [5.41, 5.74) is 9.43. The molecule has 8 rings (SSSR count). The summed E-state index contributed by atoms with van der Waals surface area (Å²) in [6, 6.07) is 29.8. The molecule has 0 atom stereocenters. The van der Waals surface area contributed by atoms with Crippen molar-refractivity contribution in [3.05, 3.63) is 103 Å². The van der Waals surface area contributed by atoms with Crippen molar-refractivity contribution in [2.45, 2.75) is 84.9 Å². The number of para-hydroxylation sites is 1. The molecule has 8 heteroatoms. The van der Waals surface area contributed by atoms with Gasteiger partial charge in [-0.25, -0.2) is 4.98 Å². The molecule has 0 saturated heterocycles. The number of hydrogen-bond donors (Lipinski definition) is 0. The van der Waals surface area contributed by atoms with Crippen molar-refractivity contribution in [2.75, 3.05) is 0 Å². The predicted octanol–water partition coefficient (Wildman–Crippen LogP) is 9.89. The van der Waals surface area contributed by atoms with Crippen LogP contribution in [0.2, 0.25) is 39.3 Å². The van der Waals surface area contributed by atoms with Crippen molar-refractivity contribution in [1.29, 1.82) is 0 Å². The van der Waals surface area contributed by atoms with Gasteiger partial charge in [0.1, 0.15) is 16.9 Å². The molecule has 4 aromatic heterocycles. The van der Waals surface area contributed by atoms with Crippen LogP contribution in [-0.4, -0.2) is 35.7 Å². The molecule has 0 fully saturated rings. The second-order valence-electron chi connectivity index (χ2n) is 15.7. The van der Waals surface area contributed by atoms with Crippen LogP contribution in [0.5, 0.6) is 0 Å². The third kappa shape index (κ3) is 6.96.